The van der Waals surface area contributed by atoms with Gasteiger partial charge in [0.1, 0.15) is 0 Å². The standard InChI is InChI=1S/C6H13N3O3S/c1-7-6(10)8-13(11,12)9-4-2-3-5-9/h2-5H2,1H3,(H2,7,8,10). The molecule has 1 aliphatic heterocycles. The lowest BCUT2D eigenvalue weighted by Gasteiger charge is -2.15. The highest BCUT2D eigenvalue weighted by molar-refractivity contribution is 7.87. The van der Waals surface area contributed by atoms with Gasteiger partial charge in [0.25, 0.3) is 0 Å². The summed E-state index contributed by atoms with van der Waals surface area (Å²) in [6.07, 6.45) is 1.71. The third-order valence-corrected chi connectivity index (χ3v) is 3.34. The number of amides is 2. The van der Waals surface area contributed by atoms with E-state index in [4.69, 9.17) is 0 Å². The summed E-state index contributed by atoms with van der Waals surface area (Å²) < 4.78 is 25.9. The van der Waals surface area contributed by atoms with Crippen molar-refractivity contribution in [2.45, 2.75) is 12.8 Å². The maximum Gasteiger partial charge on any atom is 0.329 e. The fourth-order valence-corrected chi connectivity index (χ4v) is 2.37. The third kappa shape index (κ3) is 2.56. The predicted octanol–water partition coefficient (Wildman–Crippen LogP) is -0.744. The van der Waals surface area contributed by atoms with Crippen LogP contribution in [-0.2, 0) is 10.2 Å². The van der Waals surface area contributed by atoms with Crippen LogP contribution >= 0.6 is 0 Å². The molecule has 6 nitrogen and oxygen atoms in total. The van der Waals surface area contributed by atoms with Crippen molar-refractivity contribution in [2.24, 2.45) is 0 Å². The van der Waals surface area contributed by atoms with Gasteiger partial charge < -0.3 is 5.32 Å². The SMILES string of the molecule is CNC(=O)NS(=O)(=O)N1CCCC1. The molecule has 2 amide bonds. The Bertz CT molecular complexity index is 281. The topological polar surface area (TPSA) is 78.5 Å². The van der Waals surface area contributed by atoms with E-state index in [-0.39, 0.29) is 0 Å². The van der Waals surface area contributed by atoms with Crippen LogP contribution in [0.25, 0.3) is 0 Å². The van der Waals surface area contributed by atoms with Crippen molar-refractivity contribution in [1.29, 1.82) is 0 Å². The maximum atomic E-state index is 11.4. The molecular formula is C6H13N3O3S. The molecule has 0 bridgehead atoms. The molecule has 1 heterocycles. The molecule has 7 heteroatoms. The van der Waals surface area contributed by atoms with Crippen LogP contribution in [-0.4, -0.2) is 38.9 Å². The van der Waals surface area contributed by atoms with Gasteiger partial charge >= 0.3 is 16.2 Å². The number of carbonyl (C=O) groups excluding carboxylic acids is 1. The first-order valence-corrected chi connectivity index (χ1v) is 5.50. The van der Waals surface area contributed by atoms with Gasteiger partial charge in [-0.1, -0.05) is 0 Å². The van der Waals surface area contributed by atoms with Crippen LogP contribution in [0.3, 0.4) is 0 Å². The second kappa shape index (κ2) is 3.93. The molecule has 0 spiro atoms. The molecule has 1 fully saturated rings. The lowest BCUT2D eigenvalue weighted by atomic mass is 10.4. The summed E-state index contributed by atoms with van der Waals surface area (Å²) in [5.41, 5.74) is 0. The van der Waals surface area contributed by atoms with Crippen molar-refractivity contribution < 1.29 is 13.2 Å². The van der Waals surface area contributed by atoms with E-state index >= 15 is 0 Å². The summed E-state index contributed by atoms with van der Waals surface area (Å²) in [5, 5.41) is 2.19. The Hall–Kier alpha value is -0.820. The minimum absolute atomic E-state index is 0.492. The monoisotopic (exact) mass is 207 g/mol. The highest BCUT2D eigenvalue weighted by atomic mass is 32.2. The number of urea groups is 1. The number of carbonyl (C=O) groups is 1. The molecule has 0 aromatic carbocycles. The van der Waals surface area contributed by atoms with Crippen LogP contribution in [0, 0.1) is 0 Å². The number of rotatable bonds is 2. The van der Waals surface area contributed by atoms with Gasteiger partial charge in [0.05, 0.1) is 0 Å². The molecule has 1 rings (SSSR count). The van der Waals surface area contributed by atoms with Crippen LogP contribution in [0.2, 0.25) is 0 Å². The quantitative estimate of drug-likeness (QED) is 0.625. The number of nitrogens with zero attached hydrogens (tertiary/aromatic N) is 1. The average molecular weight is 207 g/mol. The van der Waals surface area contributed by atoms with Gasteiger partial charge in [0, 0.05) is 20.1 Å². The predicted molar refractivity (Wildman–Crippen MR) is 47.3 cm³/mol. The fraction of sp³-hybridized carbons (Fsp3) is 0.833. The molecule has 1 aliphatic rings. The summed E-state index contributed by atoms with van der Waals surface area (Å²) in [5.74, 6) is 0. The highest BCUT2D eigenvalue weighted by Crippen LogP contribution is 2.10. The molecule has 76 valence electrons. The molecule has 0 aromatic rings. The number of nitrogens with one attached hydrogen (secondary N) is 2. The van der Waals surface area contributed by atoms with Gasteiger partial charge in [-0.05, 0) is 12.8 Å². The van der Waals surface area contributed by atoms with E-state index in [2.05, 4.69) is 5.32 Å². The Kier molecular flexibility index (Phi) is 3.10. The largest absolute Gasteiger partial charge is 0.340 e. The van der Waals surface area contributed by atoms with Crippen molar-refractivity contribution >= 4 is 16.2 Å². The van der Waals surface area contributed by atoms with Gasteiger partial charge in [0.2, 0.25) is 0 Å². The molecule has 0 aliphatic carbocycles. The zero-order chi connectivity index (χ0) is 9.90. The van der Waals surface area contributed by atoms with E-state index in [0.717, 1.165) is 12.8 Å². The van der Waals surface area contributed by atoms with Gasteiger partial charge in [-0.25, -0.2) is 9.52 Å². The molecule has 0 unspecified atom stereocenters. The first kappa shape index (κ1) is 10.3. The molecule has 0 saturated carbocycles. The Morgan fingerprint density at radius 2 is 1.85 bits per heavy atom. The van der Waals surface area contributed by atoms with E-state index in [1.165, 1.54) is 11.4 Å². The van der Waals surface area contributed by atoms with Crippen molar-refractivity contribution in [2.75, 3.05) is 20.1 Å². The van der Waals surface area contributed by atoms with Crippen molar-refractivity contribution in [3.63, 3.8) is 0 Å². The molecule has 13 heavy (non-hydrogen) atoms. The molecule has 2 N–H and O–H groups in total. The van der Waals surface area contributed by atoms with E-state index in [0.29, 0.717) is 13.1 Å². The molecule has 0 radical (unpaired) electrons. The van der Waals surface area contributed by atoms with Crippen LogP contribution < -0.4 is 10.0 Å². The highest BCUT2D eigenvalue weighted by Gasteiger charge is 2.26. The van der Waals surface area contributed by atoms with Crippen LogP contribution in [0.15, 0.2) is 0 Å². The van der Waals surface area contributed by atoms with Crippen LogP contribution in [0.1, 0.15) is 12.8 Å². The summed E-state index contributed by atoms with van der Waals surface area (Å²) in [4.78, 5) is 10.8. The van der Waals surface area contributed by atoms with E-state index in [1.54, 1.807) is 0 Å². The normalized spacial score (nSPS) is 18.5. The summed E-state index contributed by atoms with van der Waals surface area (Å²) >= 11 is 0. The number of hydrogen-bond acceptors (Lipinski definition) is 3. The Morgan fingerprint density at radius 3 is 2.31 bits per heavy atom. The average Bonchev–Trinajstić information content (AvgIpc) is 2.55. The Labute approximate surface area is 77.5 Å². The zero-order valence-electron chi connectivity index (χ0n) is 7.41. The molecule has 1 saturated heterocycles. The zero-order valence-corrected chi connectivity index (χ0v) is 8.23. The first-order chi connectivity index (χ1) is 6.06. The second-order valence-corrected chi connectivity index (χ2v) is 4.46. The van der Waals surface area contributed by atoms with Crippen LogP contribution in [0.4, 0.5) is 4.79 Å². The van der Waals surface area contributed by atoms with Crippen molar-refractivity contribution in [3.05, 3.63) is 0 Å². The summed E-state index contributed by atoms with van der Waals surface area (Å²) in [6.45, 7) is 0.985. The van der Waals surface area contributed by atoms with Gasteiger partial charge in [-0.2, -0.15) is 12.7 Å². The van der Waals surface area contributed by atoms with E-state index < -0.39 is 16.2 Å². The van der Waals surface area contributed by atoms with Gasteiger partial charge in [0.15, 0.2) is 0 Å². The molecule has 0 aromatic heterocycles. The van der Waals surface area contributed by atoms with Gasteiger partial charge in [-0.15, -0.1) is 0 Å². The minimum atomic E-state index is -3.60. The van der Waals surface area contributed by atoms with E-state index in [9.17, 15) is 13.2 Å². The Morgan fingerprint density at radius 1 is 1.31 bits per heavy atom. The summed E-state index contributed by atoms with van der Waals surface area (Å²) in [6, 6.07) is -0.702. The molecular weight excluding hydrogens is 194 g/mol. The maximum absolute atomic E-state index is 11.4. The smallest absolute Gasteiger partial charge is 0.329 e. The summed E-state index contributed by atoms with van der Waals surface area (Å²) in [7, 11) is -2.23. The van der Waals surface area contributed by atoms with Crippen molar-refractivity contribution in [3.8, 4) is 0 Å². The van der Waals surface area contributed by atoms with E-state index in [1.807, 2.05) is 4.72 Å². The Balaban J connectivity index is 2.60. The fourth-order valence-electron chi connectivity index (χ4n) is 1.16. The lowest BCUT2D eigenvalue weighted by molar-refractivity contribution is 0.247. The minimum Gasteiger partial charge on any atom is -0.340 e. The second-order valence-electron chi connectivity index (χ2n) is 2.79. The van der Waals surface area contributed by atoms with Crippen molar-refractivity contribution in [1.82, 2.24) is 14.3 Å². The lowest BCUT2D eigenvalue weighted by Crippen LogP contribution is -2.45. The molecule has 0 atom stereocenters. The van der Waals surface area contributed by atoms with Gasteiger partial charge in [-0.3, -0.25) is 0 Å². The first-order valence-electron chi connectivity index (χ1n) is 4.06. The van der Waals surface area contributed by atoms with Crippen LogP contribution in [0.5, 0.6) is 0 Å². The number of hydrogen-bond donors (Lipinski definition) is 2. The third-order valence-electron chi connectivity index (χ3n) is 1.85.